The third kappa shape index (κ3) is 3.97. The average molecular weight is 360 g/mol. The topological polar surface area (TPSA) is 67.0 Å². The highest BCUT2D eigenvalue weighted by Crippen LogP contribution is 2.22. The van der Waals surface area contributed by atoms with E-state index in [1.165, 1.54) is 18.2 Å². The van der Waals surface area contributed by atoms with E-state index in [1.54, 1.807) is 13.2 Å². The fourth-order valence-electron chi connectivity index (χ4n) is 2.30. The molecule has 0 fully saturated rings. The summed E-state index contributed by atoms with van der Waals surface area (Å²) in [4.78, 5) is 12.2. The molecule has 128 valence electrons. The molecule has 0 aliphatic rings. The van der Waals surface area contributed by atoms with Gasteiger partial charge < -0.3 is 10.1 Å². The van der Waals surface area contributed by atoms with Crippen molar-refractivity contribution in [1.29, 1.82) is 0 Å². The Kier molecular flexibility index (Phi) is 5.00. The quantitative estimate of drug-likeness (QED) is 0.728. The van der Waals surface area contributed by atoms with Crippen LogP contribution in [-0.2, 0) is 6.54 Å². The first-order valence-corrected chi connectivity index (χ1v) is 7.86. The van der Waals surface area contributed by atoms with Crippen LogP contribution in [0.4, 0.5) is 4.39 Å². The van der Waals surface area contributed by atoms with Crippen molar-refractivity contribution >= 4 is 17.5 Å². The molecule has 0 unspecified atom stereocenters. The molecule has 2 N–H and O–H groups in total. The van der Waals surface area contributed by atoms with Crippen LogP contribution in [0.15, 0.2) is 48.5 Å². The number of rotatable bonds is 5. The molecule has 3 rings (SSSR count). The summed E-state index contributed by atoms with van der Waals surface area (Å²) in [5.74, 6) is -0.0453. The number of nitrogens with zero attached hydrogens (tertiary/aromatic N) is 1. The maximum absolute atomic E-state index is 13.0. The molecule has 2 aromatic carbocycles. The summed E-state index contributed by atoms with van der Waals surface area (Å²) >= 11 is 5.95. The number of halogens is 2. The molecule has 25 heavy (non-hydrogen) atoms. The van der Waals surface area contributed by atoms with Crippen LogP contribution >= 0.6 is 11.6 Å². The zero-order valence-electron chi connectivity index (χ0n) is 13.3. The molecular weight excluding hydrogens is 345 g/mol. The minimum absolute atomic E-state index is 0.186. The van der Waals surface area contributed by atoms with Crippen LogP contribution in [0.1, 0.15) is 16.1 Å². The van der Waals surface area contributed by atoms with Crippen LogP contribution in [0.3, 0.4) is 0 Å². The normalized spacial score (nSPS) is 10.5. The lowest BCUT2D eigenvalue weighted by Crippen LogP contribution is -2.23. The zero-order chi connectivity index (χ0) is 17.8. The summed E-state index contributed by atoms with van der Waals surface area (Å²) in [6.07, 6.45) is 0. The number of amides is 1. The van der Waals surface area contributed by atoms with Crippen molar-refractivity contribution in [3.8, 4) is 17.0 Å². The number of nitrogens with one attached hydrogen (secondary N) is 2. The molecule has 0 aliphatic carbocycles. The third-order valence-electron chi connectivity index (χ3n) is 3.64. The number of ether oxygens (including phenoxy) is 1. The largest absolute Gasteiger partial charge is 0.497 e. The lowest BCUT2D eigenvalue weighted by atomic mass is 10.1. The number of methoxy groups -OCH3 is 1. The van der Waals surface area contributed by atoms with Crippen LogP contribution in [0.25, 0.3) is 11.3 Å². The summed E-state index contributed by atoms with van der Waals surface area (Å²) in [7, 11) is 1.59. The van der Waals surface area contributed by atoms with Gasteiger partial charge in [0.2, 0.25) is 0 Å². The maximum atomic E-state index is 13.0. The fourth-order valence-corrected chi connectivity index (χ4v) is 2.54. The van der Waals surface area contributed by atoms with Crippen LogP contribution in [0.2, 0.25) is 5.02 Å². The fraction of sp³-hybridized carbons (Fsp3) is 0.111. The SMILES string of the molecule is COc1cccc(-c2cc(C(=O)NCc3ccc(F)cc3Cl)[nH]n2)c1. The number of H-pyrrole nitrogens is 1. The van der Waals surface area contributed by atoms with E-state index in [2.05, 4.69) is 15.5 Å². The molecule has 1 aromatic heterocycles. The highest BCUT2D eigenvalue weighted by atomic mass is 35.5. The number of aromatic amines is 1. The Hall–Kier alpha value is -2.86. The smallest absolute Gasteiger partial charge is 0.269 e. The van der Waals surface area contributed by atoms with Gasteiger partial charge in [-0.25, -0.2) is 4.39 Å². The summed E-state index contributed by atoms with van der Waals surface area (Å²) in [5, 5.41) is 9.84. The van der Waals surface area contributed by atoms with Crippen molar-refractivity contribution in [2.75, 3.05) is 7.11 Å². The van der Waals surface area contributed by atoms with Crippen LogP contribution in [0.5, 0.6) is 5.75 Å². The molecule has 0 radical (unpaired) electrons. The Morgan fingerprint density at radius 1 is 1.28 bits per heavy atom. The monoisotopic (exact) mass is 359 g/mol. The molecule has 0 saturated carbocycles. The predicted octanol–water partition coefficient (Wildman–Crippen LogP) is 3.81. The van der Waals surface area contributed by atoms with Crippen molar-refractivity contribution in [3.05, 3.63) is 70.6 Å². The molecule has 1 amide bonds. The van der Waals surface area contributed by atoms with Crippen LogP contribution in [-0.4, -0.2) is 23.2 Å². The second-order valence-electron chi connectivity index (χ2n) is 5.32. The van der Waals surface area contributed by atoms with Gasteiger partial charge in [-0.15, -0.1) is 0 Å². The van der Waals surface area contributed by atoms with Gasteiger partial charge in [-0.3, -0.25) is 9.89 Å². The van der Waals surface area contributed by atoms with E-state index in [4.69, 9.17) is 16.3 Å². The van der Waals surface area contributed by atoms with E-state index >= 15 is 0 Å². The van der Waals surface area contributed by atoms with Crippen LogP contribution < -0.4 is 10.1 Å². The molecule has 5 nitrogen and oxygen atoms in total. The predicted molar refractivity (Wildman–Crippen MR) is 93.2 cm³/mol. The van der Waals surface area contributed by atoms with E-state index in [-0.39, 0.29) is 17.5 Å². The minimum Gasteiger partial charge on any atom is -0.497 e. The first kappa shape index (κ1) is 17.0. The molecular formula is C18H15ClFN3O2. The third-order valence-corrected chi connectivity index (χ3v) is 3.99. The van der Waals surface area contributed by atoms with Crippen molar-refractivity contribution in [2.45, 2.75) is 6.54 Å². The molecule has 3 aromatic rings. The number of aromatic nitrogens is 2. The Morgan fingerprint density at radius 3 is 2.88 bits per heavy atom. The van der Waals surface area contributed by atoms with Crippen molar-refractivity contribution in [3.63, 3.8) is 0 Å². The number of hydrogen-bond acceptors (Lipinski definition) is 3. The van der Waals surface area contributed by atoms with Gasteiger partial charge in [0, 0.05) is 17.1 Å². The highest BCUT2D eigenvalue weighted by Gasteiger charge is 2.12. The molecule has 0 aliphatic heterocycles. The van der Waals surface area contributed by atoms with Crippen molar-refractivity contribution in [2.24, 2.45) is 0 Å². The van der Waals surface area contributed by atoms with E-state index in [0.717, 1.165) is 5.56 Å². The molecule has 0 atom stereocenters. The summed E-state index contributed by atoms with van der Waals surface area (Å²) in [5.41, 5.74) is 2.40. The van der Waals surface area contributed by atoms with Crippen LogP contribution in [0, 0.1) is 5.82 Å². The van der Waals surface area contributed by atoms with Gasteiger partial charge in [0.15, 0.2) is 0 Å². The van der Waals surface area contributed by atoms with Crippen molar-refractivity contribution < 1.29 is 13.9 Å². The lowest BCUT2D eigenvalue weighted by Gasteiger charge is -2.05. The highest BCUT2D eigenvalue weighted by molar-refractivity contribution is 6.31. The Balaban J connectivity index is 1.70. The van der Waals surface area contributed by atoms with Gasteiger partial charge in [-0.1, -0.05) is 29.8 Å². The van der Waals surface area contributed by atoms with Gasteiger partial charge >= 0.3 is 0 Å². The average Bonchev–Trinajstić information content (AvgIpc) is 3.11. The summed E-state index contributed by atoms with van der Waals surface area (Å²) in [6, 6.07) is 13.1. The molecule has 0 spiro atoms. The second-order valence-corrected chi connectivity index (χ2v) is 5.72. The zero-order valence-corrected chi connectivity index (χ0v) is 14.1. The van der Waals surface area contributed by atoms with Gasteiger partial charge in [0.1, 0.15) is 17.3 Å². The van der Waals surface area contributed by atoms with Crippen molar-refractivity contribution in [1.82, 2.24) is 15.5 Å². The van der Waals surface area contributed by atoms with E-state index < -0.39 is 5.82 Å². The summed E-state index contributed by atoms with van der Waals surface area (Å²) < 4.78 is 18.2. The lowest BCUT2D eigenvalue weighted by molar-refractivity contribution is 0.0946. The van der Waals surface area contributed by atoms with E-state index in [0.29, 0.717) is 22.7 Å². The number of benzene rings is 2. The standard InChI is InChI=1S/C18H15ClFN3O2/c1-25-14-4-2-3-11(7-14)16-9-17(23-22-16)18(24)21-10-12-5-6-13(20)8-15(12)19/h2-9H,10H2,1H3,(H,21,24)(H,22,23). The minimum atomic E-state index is -0.420. The number of carbonyl (C=O) groups is 1. The first-order valence-electron chi connectivity index (χ1n) is 7.49. The van der Waals surface area contributed by atoms with Gasteiger partial charge in [0.25, 0.3) is 5.91 Å². The Labute approximate surface area is 148 Å². The van der Waals surface area contributed by atoms with E-state index in [9.17, 15) is 9.18 Å². The molecule has 0 saturated heterocycles. The first-order chi connectivity index (χ1) is 12.1. The Bertz CT molecular complexity index is 911. The number of carbonyl (C=O) groups excluding carboxylic acids is 1. The molecule has 1 heterocycles. The molecule has 7 heteroatoms. The summed E-state index contributed by atoms with van der Waals surface area (Å²) in [6.45, 7) is 0.186. The van der Waals surface area contributed by atoms with E-state index in [1.807, 2.05) is 24.3 Å². The van der Waals surface area contributed by atoms with Gasteiger partial charge in [-0.2, -0.15) is 5.10 Å². The Morgan fingerprint density at radius 2 is 2.12 bits per heavy atom. The molecule has 0 bridgehead atoms. The van der Waals surface area contributed by atoms with Gasteiger partial charge in [0.05, 0.1) is 12.8 Å². The second kappa shape index (κ2) is 7.36. The number of hydrogen-bond donors (Lipinski definition) is 2. The maximum Gasteiger partial charge on any atom is 0.269 e. The van der Waals surface area contributed by atoms with Gasteiger partial charge in [-0.05, 0) is 35.9 Å².